The van der Waals surface area contributed by atoms with Gasteiger partial charge in [-0.1, -0.05) is 60.7 Å². The number of carbonyl (C=O) groups excluding carboxylic acids is 2. The van der Waals surface area contributed by atoms with Gasteiger partial charge in [0.1, 0.15) is 5.69 Å². The van der Waals surface area contributed by atoms with Crippen LogP contribution in [0.1, 0.15) is 34.0 Å². The minimum Gasteiger partial charge on any atom is -0.451 e. The Morgan fingerprint density at radius 2 is 1.61 bits per heavy atom. The molecule has 0 fully saturated rings. The molecule has 0 unspecified atom stereocenters. The normalized spacial score (nSPS) is 10.6. The van der Waals surface area contributed by atoms with Gasteiger partial charge in [0.25, 0.3) is 5.91 Å². The third-order valence-electron chi connectivity index (χ3n) is 4.36. The first kappa shape index (κ1) is 19.9. The van der Waals surface area contributed by atoms with Crippen molar-refractivity contribution in [3.63, 3.8) is 0 Å². The average molecular weight is 441 g/mol. The number of halogens is 1. The Morgan fingerprint density at radius 1 is 1.00 bits per heavy atom. The van der Waals surface area contributed by atoms with Gasteiger partial charge in [-0.2, -0.15) is 0 Å². The second kappa shape index (κ2) is 9.90. The molecule has 0 saturated carbocycles. The van der Waals surface area contributed by atoms with Crippen LogP contribution < -0.4 is 5.32 Å². The summed E-state index contributed by atoms with van der Waals surface area (Å²) in [4.78, 5) is 26.7. The lowest BCUT2D eigenvalue weighted by atomic mass is 9.88. The summed E-state index contributed by atoms with van der Waals surface area (Å²) in [6.45, 7) is 0.176. The Hall–Kier alpha value is -2.86. The Bertz CT molecular complexity index is 870. The van der Waals surface area contributed by atoms with Crippen molar-refractivity contribution in [2.24, 2.45) is 0 Å². The molecule has 1 aromatic heterocycles. The molecule has 6 heteroatoms. The molecule has 0 bridgehead atoms. The van der Waals surface area contributed by atoms with Crippen LogP contribution in [0.15, 0.2) is 77.4 Å². The molecule has 0 aliphatic carbocycles. The standard InChI is InChI=1S/C22H21BrN2O3/c23-18-13-20(25-14-18)22(27)28-15-21(26)24-12-11-19(16-7-3-1-4-8-16)17-9-5-2-6-10-17/h1-10,13-14,19,25H,11-12,15H2,(H,24,26). The molecule has 5 nitrogen and oxygen atoms in total. The highest BCUT2D eigenvalue weighted by Gasteiger charge is 2.15. The summed E-state index contributed by atoms with van der Waals surface area (Å²) in [5, 5.41) is 2.83. The van der Waals surface area contributed by atoms with Crippen molar-refractivity contribution in [1.82, 2.24) is 10.3 Å². The van der Waals surface area contributed by atoms with E-state index < -0.39 is 5.97 Å². The van der Waals surface area contributed by atoms with E-state index in [1.165, 1.54) is 11.1 Å². The first-order chi connectivity index (χ1) is 13.6. The van der Waals surface area contributed by atoms with Crippen LogP contribution in [0.5, 0.6) is 0 Å². The van der Waals surface area contributed by atoms with Gasteiger partial charge >= 0.3 is 5.97 Å². The van der Waals surface area contributed by atoms with Crippen molar-refractivity contribution >= 4 is 27.8 Å². The number of rotatable bonds is 8. The monoisotopic (exact) mass is 440 g/mol. The number of amides is 1. The van der Waals surface area contributed by atoms with E-state index in [0.29, 0.717) is 12.2 Å². The quantitative estimate of drug-likeness (QED) is 0.513. The van der Waals surface area contributed by atoms with Crippen molar-refractivity contribution in [3.8, 4) is 0 Å². The summed E-state index contributed by atoms with van der Waals surface area (Å²) in [6, 6.07) is 22.0. The molecule has 1 amide bonds. The second-order valence-electron chi connectivity index (χ2n) is 6.32. The molecule has 2 N–H and O–H groups in total. The number of carbonyl (C=O) groups is 2. The SMILES string of the molecule is O=C(COC(=O)c1cc(Br)c[nH]1)NCCC(c1ccccc1)c1ccccc1. The molecule has 0 aliphatic rings. The zero-order chi connectivity index (χ0) is 19.8. The minimum absolute atomic E-state index is 0.182. The summed E-state index contributed by atoms with van der Waals surface area (Å²) < 4.78 is 5.77. The molecule has 0 radical (unpaired) electrons. The Kier molecular flexibility index (Phi) is 7.03. The van der Waals surface area contributed by atoms with Crippen LogP contribution >= 0.6 is 15.9 Å². The zero-order valence-electron chi connectivity index (χ0n) is 15.2. The highest BCUT2D eigenvalue weighted by molar-refractivity contribution is 9.10. The predicted molar refractivity (Wildman–Crippen MR) is 111 cm³/mol. The summed E-state index contributed by atoms with van der Waals surface area (Å²) in [5.74, 6) is -0.701. The van der Waals surface area contributed by atoms with Gasteiger partial charge in [-0.15, -0.1) is 0 Å². The number of esters is 1. The van der Waals surface area contributed by atoms with Gasteiger partial charge in [0.05, 0.1) is 0 Å². The molecule has 1 heterocycles. The number of aromatic nitrogens is 1. The van der Waals surface area contributed by atoms with Crippen LogP contribution in [-0.2, 0) is 9.53 Å². The van der Waals surface area contributed by atoms with E-state index in [1.54, 1.807) is 12.3 Å². The van der Waals surface area contributed by atoms with E-state index in [-0.39, 0.29) is 18.4 Å². The lowest BCUT2D eigenvalue weighted by molar-refractivity contribution is -0.124. The average Bonchev–Trinajstić information content (AvgIpc) is 3.17. The Labute approximate surface area is 172 Å². The van der Waals surface area contributed by atoms with Gasteiger partial charge in [-0.25, -0.2) is 4.79 Å². The first-order valence-electron chi connectivity index (χ1n) is 9.01. The highest BCUT2D eigenvalue weighted by Crippen LogP contribution is 2.27. The molecule has 3 rings (SSSR count). The maximum Gasteiger partial charge on any atom is 0.355 e. The maximum atomic E-state index is 12.0. The van der Waals surface area contributed by atoms with Crippen LogP contribution in [0.4, 0.5) is 0 Å². The third kappa shape index (κ3) is 5.57. The lowest BCUT2D eigenvalue weighted by Crippen LogP contribution is -2.30. The number of ether oxygens (including phenoxy) is 1. The van der Waals surface area contributed by atoms with Gasteiger partial charge in [-0.3, -0.25) is 4.79 Å². The van der Waals surface area contributed by atoms with Crippen LogP contribution in [0.2, 0.25) is 0 Å². The topological polar surface area (TPSA) is 71.2 Å². The molecule has 28 heavy (non-hydrogen) atoms. The summed E-state index contributed by atoms with van der Waals surface area (Å²) in [6.07, 6.45) is 2.38. The van der Waals surface area contributed by atoms with Gasteiger partial charge in [0.2, 0.25) is 0 Å². The van der Waals surface area contributed by atoms with Crippen LogP contribution in [-0.4, -0.2) is 30.0 Å². The van der Waals surface area contributed by atoms with Crippen LogP contribution in [0, 0.1) is 0 Å². The number of aromatic amines is 1. The number of nitrogens with one attached hydrogen (secondary N) is 2. The summed E-state index contributed by atoms with van der Waals surface area (Å²) >= 11 is 3.25. The molecule has 3 aromatic rings. The molecule has 0 aliphatic heterocycles. The largest absolute Gasteiger partial charge is 0.451 e. The van der Waals surface area contributed by atoms with Gasteiger partial charge in [0, 0.05) is 23.1 Å². The maximum absolute atomic E-state index is 12.0. The van der Waals surface area contributed by atoms with Gasteiger partial charge in [0.15, 0.2) is 6.61 Å². The fourth-order valence-electron chi connectivity index (χ4n) is 3.00. The molecule has 2 aromatic carbocycles. The summed E-state index contributed by atoms with van der Waals surface area (Å²) in [5.41, 5.74) is 2.70. The predicted octanol–water partition coefficient (Wildman–Crippen LogP) is 4.27. The first-order valence-corrected chi connectivity index (χ1v) is 9.80. The van der Waals surface area contributed by atoms with E-state index in [9.17, 15) is 9.59 Å². The fourth-order valence-corrected chi connectivity index (χ4v) is 3.34. The van der Waals surface area contributed by atoms with Crippen molar-refractivity contribution in [1.29, 1.82) is 0 Å². The summed E-state index contributed by atoms with van der Waals surface area (Å²) in [7, 11) is 0. The molecule has 0 spiro atoms. The molecular weight excluding hydrogens is 420 g/mol. The van der Waals surface area contributed by atoms with Gasteiger partial charge < -0.3 is 15.0 Å². The van der Waals surface area contributed by atoms with E-state index in [0.717, 1.165) is 10.9 Å². The third-order valence-corrected chi connectivity index (χ3v) is 4.82. The number of hydrogen-bond acceptors (Lipinski definition) is 3. The van der Waals surface area contributed by atoms with Crippen molar-refractivity contribution in [2.75, 3.05) is 13.2 Å². The second-order valence-corrected chi connectivity index (χ2v) is 7.24. The van der Waals surface area contributed by atoms with Crippen LogP contribution in [0.25, 0.3) is 0 Å². The van der Waals surface area contributed by atoms with E-state index >= 15 is 0 Å². The molecule has 0 saturated heterocycles. The smallest absolute Gasteiger partial charge is 0.355 e. The van der Waals surface area contributed by atoms with E-state index in [4.69, 9.17) is 4.74 Å². The lowest BCUT2D eigenvalue weighted by Gasteiger charge is -2.18. The Morgan fingerprint density at radius 3 is 2.14 bits per heavy atom. The molecular formula is C22H21BrN2O3. The highest BCUT2D eigenvalue weighted by atomic mass is 79.9. The number of benzene rings is 2. The van der Waals surface area contributed by atoms with Gasteiger partial charge in [-0.05, 0) is 39.5 Å². The number of hydrogen-bond donors (Lipinski definition) is 2. The fraction of sp³-hybridized carbons (Fsp3) is 0.182. The molecule has 0 atom stereocenters. The van der Waals surface area contributed by atoms with Crippen LogP contribution in [0.3, 0.4) is 0 Å². The Balaban J connectivity index is 1.51. The van der Waals surface area contributed by atoms with Crippen molar-refractivity contribution in [2.45, 2.75) is 12.3 Å². The van der Waals surface area contributed by atoms with Crippen molar-refractivity contribution in [3.05, 3.63) is 94.2 Å². The van der Waals surface area contributed by atoms with Crippen molar-refractivity contribution < 1.29 is 14.3 Å². The zero-order valence-corrected chi connectivity index (χ0v) is 16.8. The number of H-pyrrole nitrogens is 1. The molecule has 144 valence electrons. The van der Waals surface area contributed by atoms with E-state index in [2.05, 4.69) is 50.5 Å². The van der Waals surface area contributed by atoms with E-state index in [1.807, 2.05) is 36.4 Å². The minimum atomic E-state index is -0.563.